The summed E-state index contributed by atoms with van der Waals surface area (Å²) in [6.45, 7) is 3.23. The van der Waals surface area contributed by atoms with Gasteiger partial charge in [-0.1, -0.05) is 11.6 Å². The molecule has 2 aromatic heterocycles. The van der Waals surface area contributed by atoms with Crippen LogP contribution in [-0.2, 0) is 6.54 Å². The molecule has 1 fully saturated rings. The number of rotatable bonds is 3. The maximum absolute atomic E-state index is 6.30. The fourth-order valence-corrected chi connectivity index (χ4v) is 3.58. The molecular formula is C18H22ClN5. The molecule has 1 saturated heterocycles. The molecule has 5 nitrogen and oxygen atoms in total. The lowest BCUT2D eigenvalue weighted by molar-refractivity contribution is 0.321. The van der Waals surface area contributed by atoms with E-state index < -0.39 is 0 Å². The molecule has 0 aromatic carbocycles. The van der Waals surface area contributed by atoms with Crippen LogP contribution in [0, 0.1) is 5.92 Å². The van der Waals surface area contributed by atoms with Crippen molar-refractivity contribution in [3.63, 3.8) is 0 Å². The van der Waals surface area contributed by atoms with Gasteiger partial charge in [0.25, 0.3) is 0 Å². The van der Waals surface area contributed by atoms with Gasteiger partial charge in [0.1, 0.15) is 5.50 Å². The van der Waals surface area contributed by atoms with Gasteiger partial charge in [-0.05, 0) is 50.1 Å². The van der Waals surface area contributed by atoms with Gasteiger partial charge in [0.05, 0.1) is 17.6 Å². The number of halogens is 1. The van der Waals surface area contributed by atoms with Crippen molar-refractivity contribution in [3.8, 4) is 11.1 Å². The van der Waals surface area contributed by atoms with Crippen molar-refractivity contribution in [2.45, 2.75) is 24.9 Å². The van der Waals surface area contributed by atoms with Crippen LogP contribution in [-0.4, -0.2) is 40.4 Å². The van der Waals surface area contributed by atoms with Gasteiger partial charge in [0.15, 0.2) is 0 Å². The van der Waals surface area contributed by atoms with Crippen LogP contribution in [0.2, 0.25) is 0 Å². The molecule has 0 aliphatic carbocycles. The predicted molar refractivity (Wildman–Crippen MR) is 98.1 cm³/mol. The lowest BCUT2D eigenvalue weighted by Gasteiger charge is -2.27. The Labute approximate surface area is 147 Å². The van der Waals surface area contributed by atoms with Crippen molar-refractivity contribution in [3.05, 3.63) is 36.4 Å². The van der Waals surface area contributed by atoms with E-state index in [0.29, 0.717) is 5.92 Å². The standard InChI is InChI=1S/C18H22ClN5/c1-23-17-8-14(9-21-16(17)2-3-18(23)19)15-10-22-24(12-15)11-13-4-6-20-7-5-13/h2-3,8-10,12-13,18,20H,4-7,11H2,1H3. The molecule has 0 saturated carbocycles. The third-order valence-corrected chi connectivity index (χ3v) is 5.37. The average molecular weight is 344 g/mol. The van der Waals surface area contributed by atoms with E-state index in [1.165, 1.54) is 12.8 Å². The van der Waals surface area contributed by atoms with Gasteiger partial charge in [0.2, 0.25) is 0 Å². The smallest absolute Gasteiger partial charge is 0.123 e. The molecular weight excluding hydrogens is 322 g/mol. The normalized spacial score (nSPS) is 21.1. The fourth-order valence-electron chi connectivity index (χ4n) is 3.41. The van der Waals surface area contributed by atoms with Crippen molar-refractivity contribution in [2.75, 3.05) is 25.0 Å². The minimum Gasteiger partial charge on any atom is -0.353 e. The molecule has 2 aliphatic rings. The van der Waals surface area contributed by atoms with Gasteiger partial charge < -0.3 is 10.2 Å². The first-order valence-corrected chi connectivity index (χ1v) is 8.93. The summed E-state index contributed by atoms with van der Waals surface area (Å²) in [5.41, 5.74) is 4.07. The highest BCUT2D eigenvalue weighted by atomic mass is 35.5. The quantitative estimate of drug-likeness (QED) is 0.687. The van der Waals surface area contributed by atoms with Crippen molar-refractivity contribution in [2.24, 2.45) is 5.92 Å². The summed E-state index contributed by atoms with van der Waals surface area (Å²) < 4.78 is 2.07. The second-order valence-electron chi connectivity index (χ2n) is 6.62. The van der Waals surface area contributed by atoms with Crippen LogP contribution in [0.15, 0.2) is 30.7 Å². The molecule has 4 rings (SSSR count). The lowest BCUT2D eigenvalue weighted by Crippen LogP contribution is -2.29. The molecule has 2 aliphatic heterocycles. The molecule has 1 N–H and O–H groups in total. The Hall–Kier alpha value is -1.85. The van der Waals surface area contributed by atoms with Crippen LogP contribution in [0.5, 0.6) is 0 Å². The van der Waals surface area contributed by atoms with E-state index in [9.17, 15) is 0 Å². The number of nitrogens with zero attached hydrogens (tertiary/aromatic N) is 4. The van der Waals surface area contributed by atoms with Gasteiger partial charge in [-0.15, -0.1) is 0 Å². The summed E-state index contributed by atoms with van der Waals surface area (Å²) >= 11 is 6.30. The van der Waals surface area contributed by atoms with Crippen LogP contribution in [0.4, 0.5) is 5.69 Å². The van der Waals surface area contributed by atoms with Gasteiger partial charge in [-0.25, -0.2) is 0 Å². The number of pyridine rings is 1. The molecule has 1 unspecified atom stereocenters. The summed E-state index contributed by atoms with van der Waals surface area (Å²) in [7, 11) is 1.99. The summed E-state index contributed by atoms with van der Waals surface area (Å²) in [4.78, 5) is 6.61. The summed E-state index contributed by atoms with van der Waals surface area (Å²) in [6, 6.07) is 2.15. The number of aromatic nitrogens is 3. The van der Waals surface area contributed by atoms with Gasteiger partial charge in [-0.2, -0.15) is 5.10 Å². The van der Waals surface area contributed by atoms with Crippen LogP contribution >= 0.6 is 11.6 Å². The average Bonchev–Trinajstić information content (AvgIpc) is 3.07. The number of hydrogen-bond acceptors (Lipinski definition) is 4. The summed E-state index contributed by atoms with van der Waals surface area (Å²) in [6.07, 6.45) is 12.4. The highest BCUT2D eigenvalue weighted by Crippen LogP contribution is 2.31. The van der Waals surface area contributed by atoms with Crippen molar-refractivity contribution in [1.82, 2.24) is 20.1 Å². The zero-order valence-corrected chi connectivity index (χ0v) is 14.6. The monoisotopic (exact) mass is 343 g/mol. The SMILES string of the molecule is CN1c2cc(-c3cnn(CC4CCNCC4)c3)cnc2C=CC1Cl. The van der Waals surface area contributed by atoms with Crippen molar-refractivity contribution >= 4 is 23.4 Å². The van der Waals surface area contributed by atoms with E-state index in [0.717, 1.165) is 42.1 Å². The number of nitrogens with one attached hydrogen (secondary N) is 1. The molecule has 6 heteroatoms. The number of likely N-dealkylation sites (N-methyl/N-ethyl adjacent to an activating group) is 1. The fraction of sp³-hybridized carbons (Fsp3) is 0.444. The maximum atomic E-state index is 6.30. The molecule has 0 amide bonds. The Bertz CT molecular complexity index is 748. The van der Waals surface area contributed by atoms with Gasteiger partial charge >= 0.3 is 0 Å². The molecule has 24 heavy (non-hydrogen) atoms. The maximum Gasteiger partial charge on any atom is 0.123 e. The van der Waals surface area contributed by atoms with E-state index in [-0.39, 0.29) is 5.50 Å². The predicted octanol–water partition coefficient (Wildman–Crippen LogP) is 2.97. The van der Waals surface area contributed by atoms with E-state index in [1.807, 2.05) is 36.5 Å². The number of fused-ring (bicyclic) bond motifs is 1. The molecule has 126 valence electrons. The summed E-state index contributed by atoms with van der Waals surface area (Å²) in [5, 5.41) is 7.96. The highest BCUT2D eigenvalue weighted by Gasteiger charge is 2.19. The molecule has 0 spiro atoms. The number of hydrogen-bond donors (Lipinski definition) is 1. The highest BCUT2D eigenvalue weighted by molar-refractivity contribution is 6.23. The minimum atomic E-state index is -0.128. The second-order valence-corrected chi connectivity index (χ2v) is 7.06. The van der Waals surface area contributed by atoms with Crippen LogP contribution in [0.25, 0.3) is 17.2 Å². The van der Waals surface area contributed by atoms with Gasteiger partial charge in [0, 0.05) is 37.1 Å². The van der Waals surface area contributed by atoms with Gasteiger partial charge in [-0.3, -0.25) is 9.67 Å². The van der Waals surface area contributed by atoms with E-state index in [2.05, 4.69) is 32.3 Å². The Morgan fingerprint density at radius 2 is 2.08 bits per heavy atom. The Morgan fingerprint density at radius 1 is 1.25 bits per heavy atom. The van der Waals surface area contributed by atoms with Crippen LogP contribution in [0.3, 0.4) is 0 Å². The van der Waals surface area contributed by atoms with Crippen LogP contribution in [0.1, 0.15) is 18.5 Å². The number of alkyl halides is 1. The van der Waals surface area contributed by atoms with Crippen LogP contribution < -0.4 is 10.2 Å². The van der Waals surface area contributed by atoms with E-state index in [1.54, 1.807) is 0 Å². The zero-order valence-electron chi connectivity index (χ0n) is 13.8. The second kappa shape index (κ2) is 6.57. The molecule has 1 atom stereocenters. The Kier molecular flexibility index (Phi) is 4.29. The van der Waals surface area contributed by atoms with E-state index in [4.69, 9.17) is 11.6 Å². The first kappa shape index (κ1) is 15.7. The summed E-state index contributed by atoms with van der Waals surface area (Å²) in [5.74, 6) is 0.717. The Balaban J connectivity index is 1.55. The largest absolute Gasteiger partial charge is 0.353 e. The lowest BCUT2D eigenvalue weighted by atomic mass is 9.98. The third kappa shape index (κ3) is 3.06. The first-order chi connectivity index (χ1) is 11.7. The van der Waals surface area contributed by atoms with E-state index >= 15 is 0 Å². The minimum absolute atomic E-state index is 0.128. The molecule has 2 aromatic rings. The number of piperidine rings is 1. The molecule has 4 heterocycles. The Morgan fingerprint density at radius 3 is 2.92 bits per heavy atom. The van der Waals surface area contributed by atoms with Crippen molar-refractivity contribution < 1.29 is 0 Å². The zero-order chi connectivity index (χ0) is 16.5. The topological polar surface area (TPSA) is 46.0 Å². The third-order valence-electron chi connectivity index (χ3n) is 4.93. The molecule has 0 bridgehead atoms. The molecule has 0 radical (unpaired) electrons. The number of anilines is 1. The van der Waals surface area contributed by atoms with Crippen molar-refractivity contribution in [1.29, 1.82) is 0 Å². The first-order valence-electron chi connectivity index (χ1n) is 8.49.